The van der Waals surface area contributed by atoms with Gasteiger partial charge in [0, 0.05) is 17.7 Å². The van der Waals surface area contributed by atoms with Crippen LogP contribution >= 0.6 is 0 Å². The van der Waals surface area contributed by atoms with E-state index in [0.717, 1.165) is 17.4 Å². The smallest absolute Gasteiger partial charge is 0.150 e. The standard InChI is InChI=1S/C11H15NO2/c1-8-4-9(7-13)5-10(11(8)14)6-12(2)3/h4-5,7,14H,6H2,1-3H3. The summed E-state index contributed by atoms with van der Waals surface area (Å²) in [5.74, 6) is 0.282. The molecule has 0 saturated heterocycles. The van der Waals surface area contributed by atoms with Crippen LogP contribution in [-0.4, -0.2) is 30.4 Å². The van der Waals surface area contributed by atoms with Crippen LogP contribution in [0.3, 0.4) is 0 Å². The van der Waals surface area contributed by atoms with Crippen molar-refractivity contribution in [2.45, 2.75) is 13.5 Å². The number of carbonyl (C=O) groups excluding carboxylic acids is 1. The van der Waals surface area contributed by atoms with Gasteiger partial charge in [0.2, 0.25) is 0 Å². The zero-order valence-corrected chi connectivity index (χ0v) is 8.74. The van der Waals surface area contributed by atoms with Crippen molar-refractivity contribution >= 4 is 6.29 Å². The van der Waals surface area contributed by atoms with Gasteiger partial charge in [-0.2, -0.15) is 0 Å². The Morgan fingerprint density at radius 3 is 2.57 bits per heavy atom. The summed E-state index contributed by atoms with van der Waals surface area (Å²) in [7, 11) is 3.84. The van der Waals surface area contributed by atoms with E-state index in [4.69, 9.17) is 0 Å². The largest absolute Gasteiger partial charge is 0.507 e. The lowest BCUT2D eigenvalue weighted by atomic mass is 10.1. The quantitative estimate of drug-likeness (QED) is 0.741. The van der Waals surface area contributed by atoms with Crippen LogP contribution in [0.25, 0.3) is 0 Å². The maximum absolute atomic E-state index is 10.6. The summed E-state index contributed by atoms with van der Waals surface area (Å²) in [5.41, 5.74) is 2.14. The molecule has 0 aliphatic rings. The number of nitrogens with zero attached hydrogens (tertiary/aromatic N) is 1. The van der Waals surface area contributed by atoms with E-state index in [1.165, 1.54) is 0 Å². The molecule has 0 fully saturated rings. The maximum Gasteiger partial charge on any atom is 0.150 e. The van der Waals surface area contributed by atoms with Crippen LogP contribution in [0.1, 0.15) is 21.5 Å². The lowest BCUT2D eigenvalue weighted by Crippen LogP contribution is -2.11. The molecule has 0 aliphatic carbocycles. The molecule has 0 saturated carbocycles. The highest BCUT2D eigenvalue weighted by Gasteiger charge is 2.07. The molecule has 3 nitrogen and oxygen atoms in total. The normalized spacial score (nSPS) is 10.6. The van der Waals surface area contributed by atoms with Crippen LogP contribution in [-0.2, 0) is 6.54 Å². The molecule has 76 valence electrons. The third-order valence-electron chi connectivity index (χ3n) is 2.02. The molecule has 3 heteroatoms. The van der Waals surface area contributed by atoms with Crippen molar-refractivity contribution in [2.24, 2.45) is 0 Å². The Hall–Kier alpha value is -1.35. The Morgan fingerprint density at radius 1 is 1.43 bits per heavy atom. The molecule has 14 heavy (non-hydrogen) atoms. The van der Waals surface area contributed by atoms with Crippen LogP contribution in [0.15, 0.2) is 12.1 Å². The highest BCUT2D eigenvalue weighted by atomic mass is 16.3. The minimum absolute atomic E-state index is 0.282. The molecular weight excluding hydrogens is 178 g/mol. The van der Waals surface area contributed by atoms with Gasteiger partial charge in [0.15, 0.2) is 0 Å². The van der Waals surface area contributed by atoms with E-state index in [0.29, 0.717) is 12.1 Å². The van der Waals surface area contributed by atoms with Gasteiger partial charge in [0.05, 0.1) is 0 Å². The molecule has 1 aromatic rings. The van der Waals surface area contributed by atoms with E-state index in [9.17, 15) is 9.90 Å². The van der Waals surface area contributed by atoms with E-state index in [1.54, 1.807) is 19.1 Å². The van der Waals surface area contributed by atoms with Gasteiger partial charge < -0.3 is 10.0 Å². The Balaban J connectivity index is 3.13. The fourth-order valence-electron chi connectivity index (χ4n) is 1.41. The Labute approximate surface area is 84.0 Å². The average molecular weight is 193 g/mol. The molecule has 0 bridgehead atoms. The van der Waals surface area contributed by atoms with Crippen molar-refractivity contribution in [1.82, 2.24) is 4.90 Å². The van der Waals surface area contributed by atoms with Gasteiger partial charge in [-0.15, -0.1) is 0 Å². The Bertz CT molecular complexity index is 345. The summed E-state index contributed by atoms with van der Waals surface area (Å²) in [6, 6.07) is 3.40. The number of aromatic hydroxyl groups is 1. The van der Waals surface area contributed by atoms with Crippen molar-refractivity contribution < 1.29 is 9.90 Å². The van der Waals surface area contributed by atoms with E-state index in [2.05, 4.69) is 0 Å². The monoisotopic (exact) mass is 193 g/mol. The first-order valence-electron chi connectivity index (χ1n) is 4.47. The van der Waals surface area contributed by atoms with Crippen LogP contribution < -0.4 is 0 Å². The molecule has 1 aromatic carbocycles. The molecule has 0 atom stereocenters. The number of rotatable bonds is 3. The summed E-state index contributed by atoms with van der Waals surface area (Å²) in [4.78, 5) is 12.6. The van der Waals surface area contributed by atoms with Gasteiger partial charge in [-0.1, -0.05) is 0 Å². The first-order chi connectivity index (χ1) is 6.54. The Kier molecular flexibility index (Phi) is 3.25. The van der Waals surface area contributed by atoms with Crippen LogP contribution in [0.2, 0.25) is 0 Å². The average Bonchev–Trinajstić information content (AvgIpc) is 2.11. The third-order valence-corrected chi connectivity index (χ3v) is 2.02. The number of aldehydes is 1. The summed E-state index contributed by atoms with van der Waals surface area (Å²) < 4.78 is 0. The molecule has 0 aliphatic heterocycles. The zero-order chi connectivity index (χ0) is 10.7. The Morgan fingerprint density at radius 2 is 2.07 bits per heavy atom. The summed E-state index contributed by atoms with van der Waals surface area (Å²) in [6.07, 6.45) is 0.797. The van der Waals surface area contributed by atoms with E-state index in [-0.39, 0.29) is 5.75 Å². The van der Waals surface area contributed by atoms with Gasteiger partial charge in [-0.3, -0.25) is 4.79 Å². The van der Waals surface area contributed by atoms with E-state index < -0.39 is 0 Å². The highest BCUT2D eigenvalue weighted by molar-refractivity contribution is 5.76. The van der Waals surface area contributed by atoms with Gasteiger partial charge >= 0.3 is 0 Å². The molecule has 0 unspecified atom stereocenters. The number of phenolic OH excluding ortho intramolecular Hbond substituents is 1. The number of phenols is 1. The van der Waals surface area contributed by atoms with Gasteiger partial charge in [0.25, 0.3) is 0 Å². The fourth-order valence-corrected chi connectivity index (χ4v) is 1.41. The first-order valence-corrected chi connectivity index (χ1v) is 4.47. The van der Waals surface area contributed by atoms with Crippen molar-refractivity contribution in [1.29, 1.82) is 0 Å². The molecule has 1 N–H and O–H groups in total. The van der Waals surface area contributed by atoms with Crippen molar-refractivity contribution in [3.63, 3.8) is 0 Å². The van der Waals surface area contributed by atoms with Gasteiger partial charge in [-0.05, 0) is 38.7 Å². The van der Waals surface area contributed by atoms with E-state index >= 15 is 0 Å². The second-order valence-corrected chi connectivity index (χ2v) is 3.70. The van der Waals surface area contributed by atoms with Gasteiger partial charge in [0.1, 0.15) is 12.0 Å². The number of carbonyl (C=O) groups is 1. The van der Waals surface area contributed by atoms with E-state index in [1.807, 2.05) is 19.0 Å². The predicted molar refractivity (Wildman–Crippen MR) is 55.6 cm³/mol. The fraction of sp³-hybridized carbons (Fsp3) is 0.364. The summed E-state index contributed by atoms with van der Waals surface area (Å²) in [5, 5.41) is 9.72. The van der Waals surface area contributed by atoms with Crippen LogP contribution in [0.4, 0.5) is 0 Å². The number of hydrogen-bond donors (Lipinski definition) is 1. The third kappa shape index (κ3) is 2.33. The molecule has 0 heterocycles. The van der Waals surface area contributed by atoms with Crippen LogP contribution in [0.5, 0.6) is 5.75 Å². The maximum atomic E-state index is 10.6. The molecular formula is C11H15NO2. The minimum atomic E-state index is 0.282. The molecule has 0 aromatic heterocycles. The van der Waals surface area contributed by atoms with Crippen molar-refractivity contribution in [3.05, 3.63) is 28.8 Å². The van der Waals surface area contributed by atoms with Crippen LogP contribution in [0, 0.1) is 6.92 Å². The minimum Gasteiger partial charge on any atom is -0.507 e. The van der Waals surface area contributed by atoms with Crippen molar-refractivity contribution in [3.8, 4) is 5.75 Å². The second-order valence-electron chi connectivity index (χ2n) is 3.70. The summed E-state index contributed by atoms with van der Waals surface area (Å²) in [6.45, 7) is 2.43. The second kappa shape index (κ2) is 4.24. The zero-order valence-electron chi connectivity index (χ0n) is 8.74. The number of hydrogen-bond acceptors (Lipinski definition) is 3. The summed E-state index contributed by atoms with van der Waals surface area (Å²) >= 11 is 0. The molecule has 1 rings (SSSR count). The predicted octanol–water partition coefficient (Wildman–Crippen LogP) is 1.57. The lowest BCUT2D eigenvalue weighted by Gasteiger charge is -2.13. The SMILES string of the molecule is Cc1cc(C=O)cc(CN(C)C)c1O. The number of benzene rings is 1. The molecule has 0 spiro atoms. The number of aryl methyl sites for hydroxylation is 1. The van der Waals surface area contributed by atoms with Crippen molar-refractivity contribution in [2.75, 3.05) is 14.1 Å². The molecule has 0 radical (unpaired) electrons. The topological polar surface area (TPSA) is 40.5 Å². The molecule has 0 amide bonds. The first kappa shape index (κ1) is 10.7. The van der Waals surface area contributed by atoms with Gasteiger partial charge in [-0.25, -0.2) is 0 Å². The lowest BCUT2D eigenvalue weighted by molar-refractivity contribution is 0.112. The highest BCUT2D eigenvalue weighted by Crippen LogP contribution is 2.24.